The van der Waals surface area contributed by atoms with Gasteiger partial charge in [-0.15, -0.1) is 11.6 Å². The molecule has 0 saturated carbocycles. The molecule has 1 heterocycles. The number of esters is 1. The Bertz CT molecular complexity index is 1250. The van der Waals surface area contributed by atoms with Crippen molar-refractivity contribution in [1.29, 1.82) is 0 Å². The fraction of sp³-hybridized carbons (Fsp3) is 0.300. The number of fused-ring (bicyclic) bond motifs is 1. The van der Waals surface area contributed by atoms with E-state index in [1.165, 1.54) is 0 Å². The number of nitrogens with zero attached hydrogens (tertiary/aromatic N) is 2. The highest BCUT2D eigenvalue weighted by molar-refractivity contribution is 6.18. The van der Waals surface area contributed by atoms with Crippen LogP contribution in [0.1, 0.15) is 40.0 Å². The minimum atomic E-state index is -0.331. The normalized spacial score (nSPS) is 11.4. The largest absolute Gasteiger partial charge is 0.492 e. The molecule has 0 unspecified atom stereocenters. The fourth-order valence-electron chi connectivity index (χ4n) is 4.72. The lowest BCUT2D eigenvalue weighted by atomic mass is 9.83. The van der Waals surface area contributed by atoms with E-state index in [2.05, 4.69) is 39.8 Å². The van der Waals surface area contributed by atoms with Crippen molar-refractivity contribution in [3.05, 3.63) is 101 Å². The molecule has 0 aliphatic carbocycles. The van der Waals surface area contributed by atoms with Gasteiger partial charge in [0, 0.05) is 30.0 Å². The Hall–Kier alpha value is -3.28. The standard InChI is InChI=1S/C30H33ClN2O3/c1-4-35-30(34)29-28(26(22-12-7-5-8-13-22)23-14-9-6-10-15-23)27-24(33(29)20-19-32(2)3)16-11-17-25(27)36-21-18-31/h5-17,26H,4,18-21H2,1-3H3. The first-order valence-electron chi connectivity index (χ1n) is 12.3. The first-order chi connectivity index (χ1) is 17.6. The monoisotopic (exact) mass is 504 g/mol. The number of alkyl halides is 1. The van der Waals surface area contributed by atoms with Gasteiger partial charge >= 0.3 is 5.97 Å². The zero-order chi connectivity index (χ0) is 25.5. The van der Waals surface area contributed by atoms with Crippen LogP contribution in [0.3, 0.4) is 0 Å². The number of hydrogen-bond acceptors (Lipinski definition) is 4. The highest BCUT2D eigenvalue weighted by Crippen LogP contribution is 2.44. The summed E-state index contributed by atoms with van der Waals surface area (Å²) in [5, 5.41) is 0.919. The quantitative estimate of drug-likeness (QED) is 0.181. The number of halogens is 1. The van der Waals surface area contributed by atoms with Crippen molar-refractivity contribution >= 4 is 28.5 Å². The van der Waals surface area contributed by atoms with Crippen LogP contribution < -0.4 is 4.74 Å². The average Bonchev–Trinajstić information content (AvgIpc) is 3.22. The van der Waals surface area contributed by atoms with Crippen LogP contribution in [0.4, 0.5) is 0 Å². The second-order valence-electron chi connectivity index (χ2n) is 8.88. The molecule has 4 aromatic rings. The predicted octanol–water partition coefficient (Wildman–Crippen LogP) is 6.18. The van der Waals surface area contributed by atoms with E-state index in [0.717, 1.165) is 34.1 Å². The van der Waals surface area contributed by atoms with Gasteiger partial charge < -0.3 is 18.9 Å². The van der Waals surface area contributed by atoms with Crippen LogP contribution in [0.2, 0.25) is 0 Å². The molecule has 0 saturated heterocycles. The van der Waals surface area contributed by atoms with E-state index >= 15 is 0 Å². The van der Waals surface area contributed by atoms with Crippen LogP contribution in [0.25, 0.3) is 10.9 Å². The van der Waals surface area contributed by atoms with Crippen LogP contribution in [0.5, 0.6) is 5.75 Å². The van der Waals surface area contributed by atoms with Gasteiger partial charge in [-0.2, -0.15) is 0 Å². The lowest BCUT2D eigenvalue weighted by Gasteiger charge is -2.21. The van der Waals surface area contributed by atoms with Gasteiger partial charge in [0.25, 0.3) is 0 Å². The Morgan fingerprint density at radius 1 is 0.944 bits per heavy atom. The van der Waals surface area contributed by atoms with Gasteiger partial charge in [0.1, 0.15) is 18.1 Å². The molecule has 0 aliphatic heterocycles. The third kappa shape index (κ3) is 5.43. The second-order valence-corrected chi connectivity index (χ2v) is 9.26. The molecule has 188 valence electrons. The number of benzene rings is 3. The topological polar surface area (TPSA) is 43.7 Å². The summed E-state index contributed by atoms with van der Waals surface area (Å²) < 4.78 is 13.9. The molecule has 5 nitrogen and oxygen atoms in total. The molecule has 0 aliphatic rings. The maximum atomic E-state index is 13.7. The summed E-state index contributed by atoms with van der Waals surface area (Å²) in [4.78, 5) is 15.8. The molecule has 36 heavy (non-hydrogen) atoms. The van der Waals surface area contributed by atoms with Crippen molar-refractivity contribution in [1.82, 2.24) is 9.47 Å². The number of hydrogen-bond donors (Lipinski definition) is 0. The van der Waals surface area contributed by atoms with Gasteiger partial charge in [-0.05, 0) is 44.3 Å². The molecule has 0 spiro atoms. The lowest BCUT2D eigenvalue weighted by Crippen LogP contribution is -2.22. The maximum Gasteiger partial charge on any atom is 0.355 e. The number of carbonyl (C=O) groups is 1. The van der Waals surface area contributed by atoms with E-state index in [0.29, 0.717) is 37.1 Å². The number of rotatable bonds is 11. The fourth-order valence-corrected chi connectivity index (χ4v) is 4.80. The van der Waals surface area contributed by atoms with Crippen molar-refractivity contribution in [3.8, 4) is 5.75 Å². The van der Waals surface area contributed by atoms with Crippen LogP contribution >= 0.6 is 11.6 Å². The van der Waals surface area contributed by atoms with Crippen molar-refractivity contribution in [3.63, 3.8) is 0 Å². The third-order valence-electron chi connectivity index (χ3n) is 6.22. The van der Waals surface area contributed by atoms with Crippen molar-refractivity contribution in [2.45, 2.75) is 19.4 Å². The highest BCUT2D eigenvalue weighted by atomic mass is 35.5. The number of ether oxygens (including phenoxy) is 2. The summed E-state index contributed by atoms with van der Waals surface area (Å²) in [7, 11) is 4.06. The Balaban J connectivity index is 2.11. The third-order valence-corrected chi connectivity index (χ3v) is 6.37. The minimum absolute atomic E-state index is 0.198. The molecule has 0 radical (unpaired) electrons. The lowest BCUT2D eigenvalue weighted by molar-refractivity contribution is 0.0512. The molecule has 4 rings (SSSR count). The van der Waals surface area contributed by atoms with Gasteiger partial charge in [0.05, 0.1) is 18.0 Å². The van der Waals surface area contributed by atoms with Crippen LogP contribution in [0, 0.1) is 0 Å². The number of aromatic nitrogens is 1. The minimum Gasteiger partial charge on any atom is -0.492 e. The van der Waals surface area contributed by atoms with Gasteiger partial charge in [0.15, 0.2) is 0 Å². The Kier molecular flexibility index (Phi) is 8.68. The van der Waals surface area contributed by atoms with Crippen LogP contribution in [-0.4, -0.2) is 55.2 Å². The summed E-state index contributed by atoms with van der Waals surface area (Å²) in [6.45, 7) is 3.91. The summed E-state index contributed by atoms with van der Waals surface area (Å²) in [5.41, 5.74) is 4.58. The van der Waals surface area contributed by atoms with E-state index in [-0.39, 0.29) is 11.9 Å². The van der Waals surface area contributed by atoms with Crippen molar-refractivity contribution in [2.75, 3.05) is 39.7 Å². The van der Waals surface area contributed by atoms with Gasteiger partial charge in [0.2, 0.25) is 0 Å². The molecule has 0 fully saturated rings. The summed E-state index contributed by atoms with van der Waals surface area (Å²) >= 11 is 6.00. The van der Waals surface area contributed by atoms with Crippen molar-refractivity contribution < 1.29 is 14.3 Å². The van der Waals surface area contributed by atoms with Gasteiger partial charge in [-0.1, -0.05) is 66.7 Å². The Labute approximate surface area is 218 Å². The molecule has 1 aromatic heterocycles. The first-order valence-corrected chi connectivity index (χ1v) is 12.9. The number of likely N-dealkylation sites (N-methyl/N-ethyl adjacent to an activating group) is 1. The molecule has 0 bridgehead atoms. The molecule has 0 amide bonds. The predicted molar refractivity (Wildman–Crippen MR) is 146 cm³/mol. The van der Waals surface area contributed by atoms with Crippen LogP contribution in [0.15, 0.2) is 78.9 Å². The van der Waals surface area contributed by atoms with E-state index in [9.17, 15) is 4.79 Å². The Morgan fingerprint density at radius 3 is 2.14 bits per heavy atom. The molecule has 6 heteroatoms. The molecular weight excluding hydrogens is 472 g/mol. The zero-order valence-electron chi connectivity index (χ0n) is 21.1. The SMILES string of the molecule is CCOC(=O)c1c(C(c2ccccc2)c2ccccc2)c2c(OCCCl)cccc2n1CCN(C)C. The summed E-state index contributed by atoms with van der Waals surface area (Å²) in [6, 6.07) is 26.6. The first kappa shape index (κ1) is 25.8. The number of carbonyl (C=O) groups excluding carboxylic acids is 1. The van der Waals surface area contributed by atoms with Crippen molar-refractivity contribution in [2.24, 2.45) is 0 Å². The van der Waals surface area contributed by atoms with E-state index in [1.54, 1.807) is 0 Å². The summed E-state index contributed by atoms with van der Waals surface area (Å²) in [5.74, 6) is 0.561. The Morgan fingerprint density at radius 2 is 1.58 bits per heavy atom. The van der Waals surface area contributed by atoms with E-state index in [1.807, 2.05) is 69.6 Å². The maximum absolute atomic E-state index is 13.7. The van der Waals surface area contributed by atoms with Gasteiger partial charge in [-0.25, -0.2) is 4.79 Å². The zero-order valence-corrected chi connectivity index (χ0v) is 21.9. The smallest absolute Gasteiger partial charge is 0.355 e. The van der Waals surface area contributed by atoms with Crippen LogP contribution in [-0.2, 0) is 11.3 Å². The highest BCUT2D eigenvalue weighted by Gasteiger charge is 2.32. The second kappa shape index (κ2) is 12.1. The van der Waals surface area contributed by atoms with E-state index < -0.39 is 0 Å². The molecule has 0 N–H and O–H groups in total. The summed E-state index contributed by atoms with van der Waals surface area (Å²) in [6.07, 6.45) is 0. The molecule has 3 aromatic carbocycles. The van der Waals surface area contributed by atoms with E-state index in [4.69, 9.17) is 21.1 Å². The average molecular weight is 505 g/mol. The molecule has 0 atom stereocenters. The molecular formula is C30H33ClN2O3. The van der Waals surface area contributed by atoms with Gasteiger partial charge in [-0.3, -0.25) is 0 Å².